The molecule has 7 aliphatic heterocycles. The molecule has 718 valence electrons. The molecule has 2 aromatic rings. The second kappa shape index (κ2) is 47.2. The molecule has 1 saturated carbocycles. The fraction of sp³-hybridized carbons (Fsp3) is 0.648. The number of halogens is 2. The van der Waals surface area contributed by atoms with Gasteiger partial charge in [0.2, 0.25) is 47.3 Å². The molecule has 33 nitrogen and oxygen atoms in total. The molecule has 8 bridgehead atoms. The Bertz CT molecular complexity index is 4520. The van der Waals surface area contributed by atoms with Crippen LogP contribution in [-0.4, -0.2) is 272 Å². The lowest BCUT2D eigenvalue weighted by atomic mass is 9.81. The Labute approximate surface area is 778 Å². The highest BCUT2D eigenvalue weighted by atomic mass is 35.5. The fourth-order valence-electron chi connectivity index (χ4n) is 17.1. The third-order valence-electron chi connectivity index (χ3n) is 25.9. The van der Waals surface area contributed by atoms with Gasteiger partial charge in [0.25, 0.3) is 0 Å². The van der Waals surface area contributed by atoms with Gasteiger partial charge in [-0.15, -0.1) is 11.8 Å². The molecule has 2 unspecified atom stereocenters. The van der Waals surface area contributed by atoms with Crippen LogP contribution in [0.15, 0.2) is 71.9 Å². The summed E-state index contributed by atoms with van der Waals surface area (Å²) in [5.41, 5.74) is -1.78. The quantitative estimate of drug-likeness (QED) is 0.0111. The third-order valence-corrected chi connectivity index (χ3v) is 30.9. The van der Waals surface area contributed by atoms with Crippen LogP contribution in [0.3, 0.4) is 0 Å². The molecule has 10 N–H and O–H groups in total. The van der Waals surface area contributed by atoms with Crippen LogP contribution in [0.4, 0.5) is 21.0 Å². The summed E-state index contributed by atoms with van der Waals surface area (Å²) in [4.78, 5) is 165. The van der Waals surface area contributed by atoms with Gasteiger partial charge in [0, 0.05) is 134 Å². The molecule has 129 heavy (non-hydrogen) atoms. The molecule has 18 atom stereocenters. The van der Waals surface area contributed by atoms with E-state index in [1.165, 1.54) is 89.1 Å². The van der Waals surface area contributed by atoms with Crippen LogP contribution < -0.4 is 31.1 Å². The monoisotopic (exact) mass is 1900 g/mol. The maximum atomic E-state index is 14.3. The first-order chi connectivity index (χ1) is 59.9. The van der Waals surface area contributed by atoms with E-state index in [0.717, 1.165) is 35.1 Å². The predicted octanol–water partition coefficient (Wildman–Crippen LogP) is 8.95. The first-order valence-electron chi connectivity index (χ1n) is 43.1. The Morgan fingerprint density at radius 3 is 1.47 bits per heavy atom. The zero-order chi connectivity index (χ0) is 93.6. The van der Waals surface area contributed by atoms with Crippen LogP contribution in [0.1, 0.15) is 183 Å². The number of imide groups is 1. The van der Waals surface area contributed by atoms with Crippen molar-refractivity contribution < 1.29 is 117 Å². The number of hydrogen-bond acceptors (Lipinski definition) is 27. The Kier molecular flexibility index (Phi) is 39.6. The van der Waals surface area contributed by atoms with Crippen LogP contribution in [0.5, 0.6) is 0 Å². The molecule has 6 fully saturated rings. The Morgan fingerprint density at radius 2 is 1.06 bits per heavy atom. The number of nitrogens with one attached hydrogen (secondary N) is 4. The molecule has 10 amide bonds. The molecule has 7 heterocycles. The van der Waals surface area contributed by atoms with Gasteiger partial charge < -0.3 is 89.3 Å². The van der Waals surface area contributed by atoms with E-state index in [0.29, 0.717) is 73.3 Å². The van der Waals surface area contributed by atoms with Gasteiger partial charge in [-0.1, -0.05) is 140 Å². The maximum absolute atomic E-state index is 14.3. The van der Waals surface area contributed by atoms with E-state index in [2.05, 4.69) is 21.3 Å². The van der Waals surface area contributed by atoms with Crippen LogP contribution in [0.2, 0.25) is 10.0 Å². The average molecular weight is 1900 g/mol. The van der Waals surface area contributed by atoms with Crippen molar-refractivity contribution in [2.75, 3.05) is 83.4 Å². The van der Waals surface area contributed by atoms with Crippen molar-refractivity contribution in [1.29, 1.82) is 0 Å². The van der Waals surface area contributed by atoms with Gasteiger partial charge in [-0.05, 0) is 127 Å². The summed E-state index contributed by atoms with van der Waals surface area (Å²) < 4.78 is 36.1. The number of fused-ring (bicyclic) bond motifs is 10. The number of amides is 10. The highest BCUT2D eigenvalue weighted by molar-refractivity contribution is 8.76. The summed E-state index contributed by atoms with van der Waals surface area (Å²) in [6.45, 7) is 14.1. The summed E-state index contributed by atoms with van der Waals surface area (Å²) >= 11 is 14.7. The van der Waals surface area contributed by atoms with Crippen molar-refractivity contribution in [3.63, 3.8) is 0 Å². The molecule has 1 aliphatic carbocycles. The normalized spacial score (nSPS) is 30.9. The predicted molar refractivity (Wildman–Crippen MR) is 493 cm³/mol. The van der Waals surface area contributed by atoms with Crippen molar-refractivity contribution in [3.8, 4) is 0 Å². The maximum Gasteiger partial charge on any atom is 0.409 e. The highest BCUT2D eigenvalue weighted by Crippen LogP contribution is 2.52. The lowest BCUT2D eigenvalue weighted by Crippen LogP contribution is -2.62. The van der Waals surface area contributed by atoms with Gasteiger partial charge in [0.05, 0.1) is 78.1 Å². The molecule has 38 heteroatoms. The van der Waals surface area contributed by atoms with Gasteiger partial charge >= 0.3 is 24.1 Å². The second-order valence-electron chi connectivity index (χ2n) is 35.0. The molecular weight excluding hydrogens is 1770 g/mol. The number of rotatable bonds is 25. The molecule has 0 spiro atoms. The Hall–Kier alpha value is -7.85. The largest absolute Gasteiger partial charge is 0.457 e. The zero-order valence-corrected chi connectivity index (χ0v) is 78.8. The molecule has 0 radical (unpaired) electrons. The first kappa shape index (κ1) is 108. The standard InChI is InChI=1S/C48H66ClN5O13S.C41H59ClN4O11S2.2CH4/c1-26-9-8-10-33(25-56)48(64)22-35(65-46(63)51-48)27(2)42-47(4,67-42)37(21-39(58)53(7)34-19-30(17-26)18-32(24-55)41(34)49)66-45(62)28(3)52(6)38(57)15-16-68-36-20-40(59)54(44(36)61)23-29-11-13-31(14-12-29)43(60)50-5;1-23-10-9-11-29(22-48)41(54)20-31(55-39(53)44-41)25(3)37-40(5,57-37)32(19-35(51)46(8)30-18-27(16-23)17-28(21-47)36(30)42)56-38(52)26(4)45(7)34(50)14-15-58-59-24(2)12-13-33(49)43-6;;/h8-10,18-19,27-29,31,33,35-37,42,55-56,64H,11-17,20-25H2,1-7H3,(H,50,60)(H,51,63);9-11,17-18,24-26,29,31-32,37,47-48,54H,12-16,19-22H2,1-8H3,(H,43,49)(H,44,53);2*1H4/b10-8+,26-9+;11-9+,23-10+;;/t27-,28+,29?,31?,33+,35+,36?,37+,42+,47+,48+;24?,25-,26+,29+,31+,32+,37+,40+,41+;;/m11../s1. The van der Waals surface area contributed by atoms with Crippen molar-refractivity contribution in [1.82, 2.24) is 36.0 Å². The number of hydrogen-bond donors (Lipinski definition) is 10. The van der Waals surface area contributed by atoms with Crippen molar-refractivity contribution in [3.05, 3.63) is 104 Å². The number of nitrogens with zero attached hydrogens (tertiary/aromatic N) is 5. The van der Waals surface area contributed by atoms with E-state index < -0.39 is 168 Å². The van der Waals surface area contributed by atoms with E-state index in [-0.39, 0.29) is 122 Å². The summed E-state index contributed by atoms with van der Waals surface area (Å²) in [7, 11) is 12.3. The minimum Gasteiger partial charge on any atom is -0.457 e. The van der Waals surface area contributed by atoms with Crippen molar-refractivity contribution in [2.45, 2.75) is 269 Å². The van der Waals surface area contributed by atoms with Crippen LogP contribution in [-0.2, 0) is 102 Å². The number of likely N-dealkylation sites (N-methyl/N-ethyl adjacent to an activating group) is 2. The van der Waals surface area contributed by atoms with E-state index in [1.54, 1.807) is 113 Å². The Morgan fingerprint density at radius 1 is 0.628 bits per heavy atom. The van der Waals surface area contributed by atoms with Crippen LogP contribution in [0.25, 0.3) is 0 Å². The number of carbonyl (C=O) groups excluding carboxylic acids is 12. The minimum absolute atomic E-state index is 0. The number of likely N-dealkylation sites (tertiary alicyclic amines) is 1. The smallest absolute Gasteiger partial charge is 0.409 e. The third kappa shape index (κ3) is 26.8. The number of epoxide rings is 2. The van der Waals surface area contributed by atoms with Gasteiger partial charge in [0.15, 0.2) is 11.4 Å². The van der Waals surface area contributed by atoms with Crippen LogP contribution >= 0.6 is 56.6 Å². The van der Waals surface area contributed by atoms with Gasteiger partial charge in [-0.3, -0.25) is 53.9 Å². The second-order valence-corrected chi connectivity index (χ2v) is 40.0. The lowest BCUT2D eigenvalue weighted by Gasteiger charge is -2.42. The number of carbonyl (C=O) groups is 12. The molecule has 0 aromatic heterocycles. The zero-order valence-electron chi connectivity index (χ0n) is 74.8. The van der Waals surface area contributed by atoms with E-state index >= 15 is 0 Å². The summed E-state index contributed by atoms with van der Waals surface area (Å²) in [6.07, 6.45) is 6.49. The number of aliphatic hydroxyl groups excluding tert-OH is 4. The molecule has 10 rings (SSSR count). The number of benzene rings is 2. The number of thioether (sulfide) groups is 1. The number of aliphatic hydroxyl groups is 6. The number of anilines is 2. The van der Waals surface area contributed by atoms with E-state index in [4.69, 9.17) is 51.6 Å². The summed E-state index contributed by atoms with van der Waals surface area (Å²) in [5.74, 6) is -6.17. The molecule has 2 aromatic carbocycles. The van der Waals surface area contributed by atoms with Crippen LogP contribution in [0, 0.1) is 35.5 Å². The number of allylic oxidation sites excluding steroid dienone is 6. The van der Waals surface area contributed by atoms with Crippen molar-refractivity contribution in [2.24, 2.45) is 35.5 Å². The highest BCUT2D eigenvalue weighted by Gasteiger charge is 2.66. The molecular formula is C91H133Cl2N9O24S3. The lowest BCUT2D eigenvalue weighted by molar-refractivity contribution is -0.162. The first-order valence-corrected chi connectivity index (χ1v) is 47.2. The topological polar surface area (TPSA) is 453 Å². The van der Waals surface area contributed by atoms with E-state index in [9.17, 15) is 88.2 Å². The van der Waals surface area contributed by atoms with Gasteiger partial charge in [-0.25, -0.2) is 19.2 Å². The Balaban J connectivity index is 0.000000351. The van der Waals surface area contributed by atoms with E-state index in [1.807, 2.05) is 20.8 Å². The van der Waals surface area contributed by atoms with Crippen molar-refractivity contribution >= 4 is 139 Å². The number of alkyl carbamates (subject to hydrolysis) is 2. The minimum atomic E-state index is -1.91. The van der Waals surface area contributed by atoms with Gasteiger partial charge in [0.1, 0.15) is 47.7 Å². The fourth-order valence-corrected chi connectivity index (χ4v) is 21.1. The number of ether oxygens (including phenoxy) is 6. The number of esters is 2. The summed E-state index contributed by atoms with van der Waals surface area (Å²) in [5, 5.41) is 74.8. The summed E-state index contributed by atoms with van der Waals surface area (Å²) in [6, 6.07) is 4.77. The molecule has 8 aliphatic rings. The SMILES string of the molecule is C.C.CNC(=O)C1CCC(CN2C(=O)CC(SCCC(=O)N(C)[C@@H](C)C(=O)O[C@H]3CC(=O)N(C)c4cc(cc(CO)c4Cl)C/C(C)=C/C=C/[C@@H](CO)[C@@]4(O)C[C@H](OC(=O)N4)[C@@H](C)[C@@H]4O[C@@]34C)C2=O)CC1.CNC(=O)CCC(C)SSCCC(=O)N(C)[C@@H](C)C(=O)O[C@H]1CC(=O)N(C)c2cc(cc(CO)c2Cl)C/C(C)=C/C=C/[C@@H](CO)[C@@]2(O)C[C@H](OC(=O)N2)[C@@H](C)[C@@H]2O[C@@]12C. The molecule has 5 saturated heterocycles. The average Bonchev–Trinajstić information content (AvgIpc) is 1.58. The van der Waals surface area contributed by atoms with Gasteiger partial charge in [-0.2, -0.15) is 0 Å².